The van der Waals surface area contributed by atoms with Gasteiger partial charge < -0.3 is 9.84 Å². The van der Waals surface area contributed by atoms with Crippen molar-refractivity contribution in [2.75, 3.05) is 0 Å². The van der Waals surface area contributed by atoms with Crippen molar-refractivity contribution in [1.29, 1.82) is 0 Å². The summed E-state index contributed by atoms with van der Waals surface area (Å²) in [5, 5.41) is 17.6. The first-order valence-corrected chi connectivity index (χ1v) is 16.8. The summed E-state index contributed by atoms with van der Waals surface area (Å²) in [5.41, 5.74) is 8.15. The van der Waals surface area contributed by atoms with Gasteiger partial charge in [0, 0.05) is 82.8 Å². The van der Waals surface area contributed by atoms with E-state index in [4.69, 9.17) is 26.1 Å². The molecule has 4 aromatic heterocycles. The lowest BCUT2D eigenvalue weighted by Crippen LogP contribution is -2.33. The fourth-order valence-electron chi connectivity index (χ4n) is 2.58. The molecule has 0 aliphatic heterocycles. The van der Waals surface area contributed by atoms with Crippen LogP contribution in [0.2, 0.25) is 0 Å². The summed E-state index contributed by atoms with van der Waals surface area (Å²) >= 11 is 5.52. The highest BCUT2D eigenvalue weighted by Gasteiger charge is 2.01. The van der Waals surface area contributed by atoms with Gasteiger partial charge in [-0.15, -0.1) is 24.0 Å². The standard InChI is InChI=1S/C7H8ClN.C7H10NO.C7H9NO.C7H9N.C4H6O3.2CH4.Cl2OS.ClH/c1-6-2-3-7(4-8)9-5-6;1-6-3-4-7(2)8(9)5-6;1-6-2-3-7(5-9)8-4-6;1-6-3-4-7(2)8-5-6;1-3(5)7-4(2)6;;;1-4(2)3;/h2-3,5H,4H2,1H3;3-5,9H,1-2H3;2-4,9H,5H2,1H3;3-5H,1-2H3;1-2H3;2*1H4;;1H/q;+1;;;;;;;. The van der Waals surface area contributed by atoms with Crippen molar-refractivity contribution < 1.29 is 33.6 Å². The minimum atomic E-state index is -1.67. The monoisotopic (exact) mass is 783 g/mol. The molecule has 49 heavy (non-hydrogen) atoms. The van der Waals surface area contributed by atoms with Crippen molar-refractivity contribution in [3.8, 4) is 0 Å². The fourth-order valence-corrected chi connectivity index (χ4v) is 2.74. The predicted octanol–water partition coefficient (Wildman–Crippen LogP) is 8.37. The molecule has 0 atom stereocenters. The first-order valence-electron chi connectivity index (χ1n) is 13.5. The van der Waals surface area contributed by atoms with Gasteiger partial charge in [0.05, 0.1) is 23.9 Å². The number of aryl methyl sites for hydroxylation is 6. The zero-order chi connectivity index (χ0) is 35.7. The van der Waals surface area contributed by atoms with Crippen LogP contribution in [-0.4, -0.2) is 41.4 Å². The maximum Gasteiger partial charge on any atom is 0.310 e. The van der Waals surface area contributed by atoms with E-state index in [1.54, 1.807) is 12.4 Å². The van der Waals surface area contributed by atoms with E-state index < -0.39 is 21.2 Å². The molecule has 0 spiro atoms. The Morgan fingerprint density at radius 3 is 1.37 bits per heavy atom. The molecule has 0 fully saturated rings. The van der Waals surface area contributed by atoms with Gasteiger partial charge in [-0.3, -0.25) is 29.7 Å². The zero-order valence-electron chi connectivity index (χ0n) is 27.6. The van der Waals surface area contributed by atoms with Gasteiger partial charge >= 0.3 is 11.9 Å². The molecule has 0 saturated heterocycles. The molecule has 0 aliphatic rings. The molecule has 0 bridgehead atoms. The topological polar surface area (TPSA) is 143 Å². The number of pyridine rings is 4. The fraction of sp³-hybridized carbons (Fsp3) is 0.353. The van der Waals surface area contributed by atoms with Gasteiger partial charge in [-0.25, -0.2) is 4.21 Å². The Hall–Kier alpha value is -3.19. The van der Waals surface area contributed by atoms with E-state index in [0.29, 0.717) is 5.88 Å². The number of carbonyl (C=O) groups excluding carboxylic acids is 2. The van der Waals surface area contributed by atoms with E-state index in [2.05, 4.69) is 47.1 Å². The molecule has 10 nitrogen and oxygen atoms in total. The predicted molar refractivity (Wildman–Crippen MR) is 203 cm³/mol. The lowest BCUT2D eigenvalue weighted by atomic mass is 10.3. The van der Waals surface area contributed by atoms with Gasteiger partial charge in [0.15, 0.2) is 0 Å². The summed E-state index contributed by atoms with van der Waals surface area (Å²) in [6.45, 7) is 14.2. The number of hydrogen-bond acceptors (Lipinski definition) is 9. The summed E-state index contributed by atoms with van der Waals surface area (Å²) in [5.74, 6) is -0.625. The highest BCUT2D eigenvalue weighted by molar-refractivity contribution is 8.26. The zero-order valence-corrected chi connectivity index (χ0v) is 31.5. The Bertz CT molecular complexity index is 1370. The molecule has 2 N–H and O–H groups in total. The quantitative estimate of drug-likeness (QED) is 0.0512. The number of esters is 2. The molecule has 4 heterocycles. The first kappa shape index (κ1) is 55.2. The number of hydrogen-bond donors (Lipinski definition) is 2. The van der Waals surface area contributed by atoms with Crippen molar-refractivity contribution in [3.63, 3.8) is 0 Å². The number of aliphatic hydroxyl groups is 1. The Morgan fingerprint density at radius 2 is 1.12 bits per heavy atom. The number of halogens is 4. The Labute approximate surface area is 314 Å². The van der Waals surface area contributed by atoms with E-state index in [1.165, 1.54) is 25.0 Å². The molecular weight excluding hydrogens is 734 g/mol. The Kier molecular flexibility index (Phi) is 37.5. The van der Waals surface area contributed by atoms with Gasteiger partial charge in [-0.2, -0.15) is 0 Å². The lowest BCUT2D eigenvalue weighted by Gasteiger charge is -1.93. The maximum absolute atomic E-state index is 9.81. The van der Waals surface area contributed by atoms with Gasteiger partial charge in [-0.1, -0.05) is 33.1 Å². The number of carbonyl (C=O) groups is 2. The summed E-state index contributed by atoms with van der Waals surface area (Å²) in [6, 6.07) is 15.6. The number of rotatable bonds is 2. The van der Waals surface area contributed by atoms with Crippen LogP contribution in [0.5, 0.6) is 0 Å². The number of alkyl halides is 1. The van der Waals surface area contributed by atoms with E-state index in [1.807, 2.05) is 96.4 Å². The van der Waals surface area contributed by atoms with E-state index in [0.717, 1.165) is 38.6 Å². The van der Waals surface area contributed by atoms with Crippen molar-refractivity contribution in [3.05, 3.63) is 118 Å². The van der Waals surface area contributed by atoms with Crippen molar-refractivity contribution in [2.45, 2.75) is 82.7 Å². The van der Waals surface area contributed by atoms with Gasteiger partial charge in [-0.05, 0) is 75.6 Å². The molecule has 276 valence electrons. The highest BCUT2D eigenvalue weighted by atomic mass is 36.0. The van der Waals surface area contributed by atoms with Crippen LogP contribution >= 0.6 is 45.4 Å². The molecule has 4 aromatic rings. The average Bonchev–Trinajstić information content (AvgIpc) is 2.98. The third kappa shape index (κ3) is 35.9. The number of aromatic nitrogens is 4. The van der Waals surface area contributed by atoms with Gasteiger partial charge in [0.25, 0.3) is 0 Å². The van der Waals surface area contributed by atoms with Crippen LogP contribution in [0.25, 0.3) is 0 Å². The van der Waals surface area contributed by atoms with Gasteiger partial charge in [0.2, 0.25) is 21.1 Å². The van der Waals surface area contributed by atoms with Crippen LogP contribution < -0.4 is 4.73 Å². The van der Waals surface area contributed by atoms with E-state index in [-0.39, 0.29) is 33.9 Å². The molecule has 0 radical (unpaired) electrons. The largest absolute Gasteiger partial charge is 0.394 e. The van der Waals surface area contributed by atoms with Gasteiger partial charge in [0.1, 0.15) is 0 Å². The smallest absolute Gasteiger partial charge is 0.310 e. The normalized spacial score (nSPS) is 8.59. The van der Waals surface area contributed by atoms with Crippen LogP contribution in [0.15, 0.2) is 73.3 Å². The third-order valence-corrected chi connectivity index (χ3v) is 5.14. The van der Waals surface area contributed by atoms with E-state index in [9.17, 15) is 9.59 Å². The first-order chi connectivity index (χ1) is 21.5. The van der Waals surface area contributed by atoms with Crippen LogP contribution in [-0.2, 0) is 36.0 Å². The van der Waals surface area contributed by atoms with Crippen LogP contribution in [0, 0.1) is 41.5 Å². The lowest BCUT2D eigenvalue weighted by molar-refractivity contribution is -0.909. The molecule has 0 amide bonds. The molecule has 4 rings (SSSR count). The van der Waals surface area contributed by atoms with E-state index >= 15 is 0 Å². The molecule has 0 saturated carbocycles. The summed E-state index contributed by atoms with van der Waals surface area (Å²) < 4.78 is 14.2. The molecule has 15 heteroatoms. The molecule has 0 aromatic carbocycles. The van der Waals surface area contributed by atoms with Crippen molar-refractivity contribution in [2.24, 2.45) is 0 Å². The number of nitrogens with zero attached hydrogens (tertiary/aromatic N) is 4. The summed E-state index contributed by atoms with van der Waals surface area (Å²) in [6.07, 6.45) is 7.11. The van der Waals surface area contributed by atoms with Crippen LogP contribution in [0.3, 0.4) is 0 Å². The second-order valence-electron chi connectivity index (χ2n) is 9.38. The Morgan fingerprint density at radius 1 is 0.735 bits per heavy atom. The second kappa shape index (κ2) is 33.3. The van der Waals surface area contributed by atoms with Crippen LogP contribution in [0.1, 0.15) is 73.7 Å². The Balaban J connectivity index is -0.000000158. The average molecular weight is 786 g/mol. The molecule has 0 unspecified atom stereocenters. The van der Waals surface area contributed by atoms with Crippen molar-refractivity contribution in [1.82, 2.24) is 15.0 Å². The number of ether oxygens (including phenoxy) is 1. The minimum Gasteiger partial charge on any atom is -0.394 e. The van der Waals surface area contributed by atoms with Crippen molar-refractivity contribution >= 4 is 66.5 Å². The second-order valence-corrected chi connectivity index (χ2v) is 12.2. The molecular formula is C34H51Cl4N4O6S+. The molecule has 0 aliphatic carbocycles. The third-order valence-electron chi connectivity index (χ3n) is 4.87. The SMILES string of the molecule is C.C.CC(=O)OC(C)=O.Cc1ccc(C)[n+](O)c1.Cc1ccc(C)nc1.Cc1ccc(CCl)nc1.Cc1ccc(CO)nc1.Cl.O=S(Cl)Cl. The summed E-state index contributed by atoms with van der Waals surface area (Å²) in [4.78, 5) is 31.7. The number of aliphatic hydroxyl groups excluding tert-OH is 1. The van der Waals surface area contributed by atoms with Crippen LogP contribution in [0.4, 0.5) is 0 Å². The summed E-state index contributed by atoms with van der Waals surface area (Å²) in [7, 11) is 7.36. The maximum atomic E-state index is 9.81. The minimum absolute atomic E-state index is 0. The highest BCUT2D eigenvalue weighted by Crippen LogP contribution is 2.00.